The summed E-state index contributed by atoms with van der Waals surface area (Å²) in [6, 6.07) is 0.532. The molecule has 0 saturated carbocycles. The van der Waals surface area contributed by atoms with Gasteiger partial charge in [-0.05, 0) is 31.9 Å². The number of thioether (sulfide) groups is 1. The summed E-state index contributed by atoms with van der Waals surface area (Å²) in [5.74, 6) is 0. The molecule has 2 aliphatic rings. The molecule has 1 N–H and O–H groups in total. The van der Waals surface area contributed by atoms with E-state index in [1.165, 1.54) is 5.69 Å². The highest BCUT2D eigenvalue weighted by molar-refractivity contribution is 7.98. The second-order valence-corrected chi connectivity index (χ2v) is 6.78. The van der Waals surface area contributed by atoms with Crippen LogP contribution in [0.25, 0.3) is 0 Å². The van der Waals surface area contributed by atoms with Crippen LogP contribution in [0.2, 0.25) is 0 Å². The third kappa shape index (κ3) is 3.44. The van der Waals surface area contributed by atoms with E-state index in [0.29, 0.717) is 6.04 Å². The number of imidazole rings is 1. The number of nitrogens with one attached hydrogen (secondary N) is 1. The molecule has 3 rings (SSSR count). The van der Waals surface area contributed by atoms with Crippen molar-refractivity contribution in [2.24, 2.45) is 7.05 Å². The second-order valence-electron chi connectivity index (χ2n) is 6.01. The standard InChI is InChI=1S/C15H25N3O2S/c1-18-13(11-17-14(18)21-2)10-16-12-3-6-20-15(9-12)4-7-19-8-5-15/h11-12,16H,3-10H2,1-2H3/t12-/m0/s1. The van der Waals surface area contributed by atoms with Crippen LogP contribution in [0, 0.1) is 0 Å². The average Bonchev–Trinajstić information content (AvgIpc) is 2.86. The minimum Gasteiger partial charge on any atom is -0.381 e. The van der Waals surface area contributed by atoms with Gasteiger partial charge in [0.2, 0.25) is 0 Å². The molecule has 118 valence electrons. The number of hydrogen-bond acceptors (Lipinski definition) is 5. The summed E-state index contributed by atoms with van der Waals surface area (Å²) in [7, 11) is 2.08. The Bertz CT molecular complexity index is 466. The SMILES string of the molecule is CSc1ncc(CN[C@H]2CCOC3(CCOCC3)C2)n1C. The van der Waals surface area contributed by atoms with Crippen LogP contribution in [0.3, 0.4) is 0 Å². The first-order valence-corrected chi connectivity index (χ1v) is 8.95. The lowest BCUT2D eigenvalue weighted by molar-refractivity contribution is -0.140. The lowest BCUT2D eigenvalue weighted by Crippen LogP contribution is -2.49. The van der Waals surface area contributed by atoms with Crippen molar-refractivity contribution in [3.63, 3.8) is 0 Å². The summed E-state index contributed by atoms with van der Waals surface area (Å²) >= 11 is 1.69. The van der Waals surface area contributed by atoms with Gasteiger partial charge in [0, 0.05) is 39.5 Å². The zero-order chi connectivity index (χ0) is 14.7. The van der Waals surface area contributed by atoms with E-state index in [1.807, 2.05) is 6.20 Å². The number of nitrogens with zero attached hydrogens (tertiary/aromatic N) is 2. The molecule has 0 aromatic carbocycles. The Balaban J connectivity index is 1.56. The molecule has 0 unspecified atom stereocenters. The van der Waals surface area contributed by atoms with Gasteiger partial charge in [-0.25, -0.2) is 4.98 Å². The Morgan fingerprint density at radius 3 is 2.95 bits per heavy atom. The predicted molar refractivity (Wildman–Crippen MR) is 83.6 cm³/mol. The van der Waals surface area contributed by atoms with Crippen molar-refractivity contribution in [1.29, 1.82) is 0 Å². The highest BCUT2D eigenvalue weighted by Crippen LogP contribution is 2.34. The molecule has 1 aromatic rings. The van der Waals surface area contributed by atoms with E-state index in [0.717, 1.165) is 57.2 Å². The maximum atomic E-state index is 6.09. The van der Waals surface area contributed by atoms with Crippen molar-refractivity contribution in [1.82, 2.24) is 14.9 Å². The summed E-state index contributed by atoms with van der Waals surface area (Å²) in [4.78, 5) is 4.43. The Morgan fingerprint density at radius 1 is 1.43 bits per heavy atom. The molecule has 2 aliphatic heterocycles. The van der Waals surface area contributed by atoms with Gasteiger partial charge in [-0.3, -0.25) is 0 Å². The van der Waals surface area contributed by atoms with Crippen LogP contribution in [0.5, 0.6) is 0 Å². The maximum Gasteiger partial charge on any atom is 0.167 e. The van der Waals surface area contributed by atoms with Crippen LogP contribution < -0.4 is 5.32 Å². The highest BCUT2D eigenvalue weighted by Gasteiger charge is 2.38. The van der Waals surface area contributed by atoms with Crippen LogP contribution >= 0.6 is 11.8 Å². The summed E-state index contributed by atoms with van der Waals surface area (Å²) in [6.45, 7) is 3.41. The normalized spacial score (nSPS) is 25.3. The summed E-state index contributed by atoms with van der Waals surface area (Å²) in [6.07, 6.45) is 8.30. The molecule has 0 aliphatic carbocycles. The van der Waals surface area contributed by atoms with E-state index in [4.69, 9.17) is 9.47 Å². The first-order chi connectivity index (χ1) is 10.2. The quantitative estimate of drug-likeness (QED) is 0.862. The first-order valence-electron chi connectivity index (χ1n) is 7.72. The fourth-order valence-corrected chi connectivity index (χ4v) is 3.87. The van der Waals surface area contributed by atoms with E-state index in [-0.39, 0.29) is 5.60 Å². The minimum absolute atomic E-state index is 0.0606. The van der Waals surface area contributed by atoms with E-state index in [9.17, 15) is 0 Å². The van der Waals surface area contributed by atoms with Gasteiger partial charge in [-0.1, -0.05) is 11.8 Å². The van der Waals surface area contributed by atoms with Crippen molar-refractivity contribution in [3.8, 4) is 0 Å². The smallest absolute Gasteiger partial charge is 0.167 e. The van der Waals surface area contributed by atoms with E-state index in [2.05, 4.69) is 28.2 Å². The molecule has 6 heteroatoms. The average molecular weight is 311 g/mol. The molecular weight excluding hydrogens is 286 g/mol. The fraction of sp³-hybridized carbons (Fsp3) is 0.800. The van der Waals surface area contributed by atoms with Gasteiger partial charge in [0.1, 0.15) is 0 Å². The van der Waals surface area contributed by atoms with Crippen LogP contribution in [-0.4, -0.2) is 47.3 Å². The molecule has 1 spiro atoms. The summed E-state index contributed by atoms with van der Waals surface area (Å²) in [5, 5.41) is 4.77. The first kappa shape index (κ1) is 15.3. The molecule has 5 nitrogen and oxygen atoms in total. The number of aromatic nitrogens is 2. The van der Waals surface area contributed by atoms with Gasteiger partial charge in [-0.15, -0.1) is 0 Å². The molecule has 1 atom stereocenters. The molecule has 0 radical (unpaired) electrons. The summed E-state index contributed by atoms with van der Waals surface area (Å²) < 4.78 is 13.7. The zero-order valence-corrected chi connectivity index (χ0v) is 13.7. The van der Waals surface area contributed by atoms with Crippen molar-refractivity contribution < 1.29 is 9.47 Å². The highest BCUT2D eigenvalue weighted by atomic mass is 32.2. The van der Waals surface area contributed by atoms with E-state index >= 15 is 0 Å². The molecule has 2 fully saturated rings. The monoisotopic (exact) mass is 311 g/mol. The topological polar surface area (TPSA) is 48.3 Å². The lowest BCUT2D eigenvalue weighted by Gasteiger charge is -2.43. The van der Waals surface area contributed by atoms with Gasteiger partial charge in [0.25, 0.3) is 0 Å². The number of ether oxygens (including phenoxy) is 2. The summed E-state index contributed by atoms with van der Waals surface area (Å²) in [5.41, 5.74) is 1.30. The van der Waals surface area contributed by atoms with Crippen molar-refractivity contribution >= 4 is 11.8 Å². The van der Waals surface area contributed by atoms with Crippen LogP contribution in [0.4, 0.5) is 0 Å². The third-order valence-corrected chi connectivity index (χ3v) is 5.44. The maximum absolute atomic E-state index is 6.09. The fourth-order valence-electron chi connectivity index (χ4n) is 3.32. The minimum atomic E-state index is 0.0606. The molecule has 1 aromatic heterocycles. The van der Waals surface area contributed by atoms with Crippen molar-refractivity contribution in [3.05, 3.63) is 11.9 Å². The second kappa shape index (κ2) is 6.69. The molecule has 0 bridgehead atoms. The van der Waals surface area contributed by atoms with Crippen LogP contribution in [-0.2, 0) is 23.1 Å². The van der Waals surface area contributed by atoms with Crippen molar-refractivity contribution in [2.45, 2.75) is 49.0 Å². The van der Waals surface area contributed by atoms with Gasteiger partial charge < -0.3 is 19.4 Å². The van der Waals surface area contributed by atoms with Crippen LogP contribution in [0.1, 0.15) is 31.4 Å². The van der Waals surface area contributed by atoms with Gasteiger partial charge in [0.05, 0.1) is 17.5 Å². The third-order valence-electron chi connectivity index (χ3n) is 4.69. The predicted octanol–water partition coefficient (Wildman–Crippen LogP) is 1.96. The molecule has 0 amide bonds. The van der Waals surface area contributed by atoms with Crippen molar-refractivity contribution in [2.75, 3.05) is 26.1 Å². The lowest BCUT2D eigenvalue weighted by atomic mass is 9.84. The zero-order valence-electron chi connectivity index (χ0n) is 12.9. The van der Waals surface area contributed by atoms with E-state index < -0.39 is 0 Å². The van der Waals surface area contributed by atoms with E-state index in [1.54, 1.807) is 11.8 Å². The largest absolute Gasteiger partial charge is 0.381 e. The Hall–Kier alpha value is -0.560. The Kier molecular flexibility index (Phi) is 4.88. The van der Waals surface area contributed by atoms with Gasteiger partial charge >= 0.3 is 0 Å². The van der Waals surface area contributed by atoms with Gasteiger partial charge in [0.15, 0.2) is 5.16 Å². The molecule has 3 heterocycles. The molecule has 21 heavy (non-hydrogen) atoms. The van der Waals surface area contributed by atoms with Crippen LogP contribution in [0.15, 0.2) is 11.4 Å². The van der Waals surface area contributed by atoms with Gasteiger partial charge in [-0.2, -0.15) is 0 Å². The molecule has 2 saturated heterocycles. The number of rotatable bonds is 4. The number of hydrogen-bond donors (Lipinski definition) is 1. The Morgan fingerprint density at radius 2 is 2.24 bits per heavy atom. The molecular formula is C15H25N3O2S. The Labute approximate surface area is 130 Å².